The first-order valence-electron chi connectivity index (χ1n) is 5.75. The molecule has 1 aromatic carbocycles. The second-order valence-corrected chi connectivity index (χ2v) is 4.22. The van der Waals surface area contributed by atoms with E-state index in [0.29, 0.717) is 5.92 Å². The smallest absolute Gasteiger partial charge is 0.292 e. The molecular weight excluding hydrogens is 204 g/mol. The summed E-state index contributed by atoms with van der Waals surface area (Å²) in [6.07, 6.45) is 3.45. The monoisotopic (exact) mass is 220 g/mol. The highest BCUT2D eigenvalue weighted by Gasteiger charge is 2.27. The van der Waals surface area contributed by atoms with Crippen LogP contribution in [0.2, 0.25) is 0 Å². The Bertz CT molecular complexity index is 404. The lowest BCUT2D eigenvalue weighted by molar-refractivity contribution is -0.383. The number of nitro groups is 1. The maximum Gasteiger partial charge on any atom is 0.292 e. The third-order valence-corrected chi connectivity index (χ3v) is 3.14. The molecule has 1 unspecified atom stereocenters. The lowest BCUT2D eigenvalue weighted by Crippen LogP contribution is -2.01. The van der Waals surface area contributed by atoms with Crippen molar-refractivity contribution < 1.29 is 4.92 Å². The van der Waals surface area contributed by atoms with Gasteiger partial charge in [0.05, 0.1) is 4.92 Å². The van der Waals surface area contributed by atoms with Crippen LogP contribution in [0, 0.1) is 10.1 Å². The van der Waals surface area contributed by atoms with E-state index in [1.165, 1.54) is 12.8 Å². The zero-order valence-electron chi connectivity index (χ0n) is 9.40. The summed E-state index contributed by atoms with van der Waals surface area (Å²) in [5.41, 5.74) is 2.05. The van der Waals surface area contributed by atoms with Crippen molar-refractivity contribution in [3.8, 4) is 0 Å². The Morgan fingerprint density at radius 3 is 3.06 bits per heavy atom. The molecule has 1 aromatic rings. The maximum absolute atomic E-state index is 10.8. The van der Waals surface area contributed by atoms with Gasteiger partial charge in [0.15, 0.2) is 0 Å². The minimum atomic E-state index is -0.311. The molecule has 1 aliphatic heterocycles. The quantitative estimate of drug-likeness (QED) is 0.625. The van der Waals surface area contributed by atoms with Gasteiger partial charge in [0.1, 0.15) is 5.69 Å². The van der Waals surface area contributed by atoms with Crippen LogP contribution in [0.4, 0.5) is 11.4 Å². The number of nitro benzene ring substituents is 1. The molecule has 0 saturated carbocycles. The van der Waals surface area contributed by atoms with Crippen molar-refractivity contribution in [3.05, 3.63) is 33.9 Å². The molecule has 1 atom stereocenters. The van der Waals surface area contributed by atoms with Crippen LogP contribution in [-0.2, 0) is 0 Å². The molecule has 0 spiro atoms. The van der Waals surface area contributed by atoms with Gasteiger partial charge in [-0.05, 0) is 12.0 Å². The average molecular weight is 220 g/mol. The molecule has 0 aliphatic carbocycles. The zero-order chi connectivity index (χ0) is 11.5. The normalized spacial score (nSPS) is 17.9. The van der Waals surface area contributed by atoms with Gasteiger partial charge in [0.2, 0.25) is 0 Å². The molecule has 0 aromatic heterocycles. The van der Waals surface area contributed by atoms with Crippen LogP contribution in [0.25, 0.3) is 0 Å². The molecule has 0 amide bonds. The number of unbranched alkanes of at least 4 members (excludes halogenated alkanes) is 1. The molecule has 1 aliphatic rings. The Kier molecular flexibility index (Phi) is 3.08. The predicted octanol–water partition coefficient (Wildman–Crippen LogP) is 3.29. The van der Waals surface area contributed by atoms with E-state index in [-0.39, 0.29) is 10.6 Å². The summed E-state index contributed by atoms with van der Waals surface area (Å²) in [4.78, 5) is 10.5. The van der Waals surface area contributed by atoms with Gasteiger partial charge in [-0.2, -0.15) is 0 Å². The summed E-state index contributed by atoms with van der Waals surface area (Å²) in [5.74, 6) is 0.440. The first kappa shape index (κ1) is 10.9. The minimum Gasteiger partial charge on any atom is -0.379 e. The van der Waals surface area contributed by atoms with Crippen LogP contribution >= 0.6 is 0 Å². The van der Waals surface area contributed by atoms with Crippen LogP contribution in [0.5, 0.6) is 0 Å². The standard InChI is InChI=1S/C12H16N2O2/c1-2-3-5-9-8-13-12-10(9)6-4-7-11(12)14(15)16/h4,6-7,9,13H,2-3,5,8H2,1H3. The number of nitrogens with one attached hydrogen (secondary N) is 1. The Labute approximate surface area is 94.8 Å². The van der Waals surface area contributed by atoms with Crippen LogP contribution < -0.4 is 5.32 Å². The molecule has 4 heteroatoms. The number of rotatable bonds is 4. The van der Waals surface area contributed by atoms with Gasteiger partial charge in [-0.1, -0.05) is 31.9 Å². The van der Waals surface area contributed by atoms with E-state index in [4.69, 9.17) is 0 Å². The molecule has 1 N–H and O–H groups in total. The topological polar surface area (TPSA) is 55.2 Å². The molecule has 2 rings (SSSR count). The van der Waals surface area contributed by atoms with Crippen molar-refractivity contribution in [1.29, 1.82) is 0 Å². The van der Waals surface area contributed by atoms with Gasteiger partial charge in [-0.15, -0.1) is 0 Å². The fraction of sp³-hybridized carbons (Fsp3) is 0.500. The summed E-state index contributed by atoms with van der Waals surface area (Å²) in [5, 5.41) is 14.0. The van der Waals surface area contributed by atoms with Crippen LogP contribution in [0.3, 0.4) is 0 Å². The zero-order valence-corrected chi connectivity index (χ0v) is 9.40. The van der Waals surface area contributed by atoms with Crippen molar-refractivity contribution in [3.63, 3.8) is 0 Å². The number of hydrogen-bond acceptors (Lipinski definition) is 3. The van der Waals surface area contributed by atoms with Crippen molar-refractivity contribution in [2.45, 2.75) is 32.1 Å². The first-order chi connectivity index (χ1) is 7.74. The Hall–Kier alpha value is -1.58. The van der Waals surface area contributed by atoms with Gasteiger partial charge >= 0.3 is 0 Å². The van der Waals surface area contributed by atoms with Crippen LogP contribution in [-0.4, -0.2) is 11.5 Å². The van der Waals surface area contributed by atoms with Crippen LogP contribution in [0.15, 0.2) is 18.2 Å². The highest BCUT2D eigenvalue weighted by molar-refractivity contribution is 5.70. The molecule has 16 heavy (non-hydrogen) atoms. The summed E-state index contributed by atoms with van der Waals surface area (Å²) in [6, 6.07) is 5.35. The number of fused-ring (bicyclic) bond motifs is 1. The second-order valence-electron chi connectivity index (χ2n) is 4.22. The van der Waals surface area contributed by atoms with E-state index in [1.807, 2.05) is 6.07 Å². The fourth-order valence-electron chi connectivity index (χ4n) is 2.29. The third kappa shape index (κ3) is 1.87. The molecule has 4 nitrogen and oxygen atoms in total. The van der Waals surface area contributed by atoms with E-state index in [9.17, 15) is 10.1 Å². The van der Waals surface area contributed by atoms with E-state index in [0.717, 1.165) is 24.2 Å². The average Bonchev–Trinajstić information content (AvgIpc) is 2.69. The largest absolute Gasteiger partial charge is 0.379 e. The summed E-state index contributed by atoms with van der Waals surface area (Å²) < 4.78 is 0. The van der Waals surface area contributed by atoms with E-state index >= 15 is 0 Å². The molecule has 0 fully saturated rings. The van der Waals surface area contributed by atoms with Gasteiger partial charge in [0.25, 0.3) is 5.69 Å². The summed E-state index contributed by atoms with van der Waals surface area (Å²) in [7, 11) is 0. The van der Waals surface area contributed by atoms with E-state index in [1.54, 1.807) is 12.1 Å². The van der Waals surface area contributed by atoms with E-state index in [2.05, 4.69) is 12.2 Å². The third-order valence-electron chi connectivity index (χ3n) is 3.14. The maximum atomic E-state index is 10.8. The number of para-hydroxylation sites is 1. The molecule has 0 saturated heterocycles. The number of hydrogen-bond donors (Lipinski definition) is 1. The van der Waals surface area contributed by atoms with E-state index < -0.39 is 0 Å². The fourth-order valence-corrected chi connectivity index (χ4v) is 2.29. The summed E-state index contributed by atoms with van der Waals surface area (Å²) >= 11 is 0. The SMILES string of the molecule is CCCCC1CNc2c1cccc2[N+](=O)[O-]. The van der Waals surface area contributed by atoms with Crippen molar-refractivity contribution in [2.24, 2.45) is 0 Å². The second kappa shape index (κ2) is 4.51. The Morgan fingerprint density at radius 1 is 1.56 bits per heavy atom. The summed E-state index contributed by atoms with van der Waals surface area (Å²) in [6.45, 7) is 3.00. The Morgan fingerprint density at radius 2 is 2.38 bits per heavy atom. The van der Waals surface area contributed by atoms with Crippen molar-refractivity contribution >= 4 is 11.4 Å². The molecular formula is C12H16N2O2. The highest BCUT2D eigenvalue weighted by atomic mass is 16.6. The molecule has 0 bridgehead atoms. The molecule has 0 radical (unpaired) electrons. The lowest BCUT2D eigenvalue weighted by atomic mass is 9.95. The van der Waals surface area contributed by atoms with Crippen LogP contribution in [0.1, 0.15) is 37.7 Å². The van der Waals surface area contributed by atoms with Crippen molar-refractivity contribution in [2.75, 3.05) is 11.9 Å². The predicted molar refractivity (Wildman–Crippen MR) is 63.9 cm³/mol. The van der Waals surface area contributed by atoms with Gasteiger partial charge in [0, 0.05) is 18.5 Å². The van der Waals surface area contributed by atoms with Gasteiger partial charge < -0.3 is 5.32 Å². The minimum absolute atomic E-state index is 0.205. The first-order valence-corrected chi connectivity index (χ1v) is 5.75. The number of anilines is 1. The van der Waals surface area contributed by atoms with Crippen molar-refractivity contribution in [1.82, 2.24) is 0 Å². The number of nitrogens with zero attached hydrogens (tertiary/aromatic N) is 1. The molecule has 1 heterocycles. The highest BCUT2D eigenvalue weighted by Crippen LogP contribution is 2.40. The Balaban J connectivity index is 2.27. The van der Waals surface area contributed by atoms with Gasteiger partial charge in [-0.25, -0.2) is 0 Å². The number of benzene rings is 1. The molecule has 86 valence electrons. The van der Waals surface area contributed by atoms with Gasteiger partial charge in [-0.3, -0.25) is 10.1 Å². The lowest BCUT2D eigenvalue weighted by Gasteiger charge is -2.08.